The minimum Gasteiger partial charge on any atom is -0.485 e. The van der Waals surface area contributed by atoms with Crippen molar-refractivity contribution in [2.75, 3.05) is 6.61 Å². The summed E-state index contributed by atoms with van der Waals surface area (Å²) in [5.41, 5.74) is 6.73. The molecule has 0 aromatic heterocycles. The van der Waals surface area contributed by atoms with Crippen molar-refractivity contribution in [1.82, 2.24) is 0 Å². The molecule has 10 heteroatoms. The van der Waals surface area contributed by atoms with Gasteiger partial charge in [-0.3, -0.25) is 0 Å². The smallest absolute Gasteiger partial charge is 0.340 e. The topological polar surface area (TPSA) is 100 Å². The second-order valence-corrected chi connectivity index (χ2v) is 17.4. The number of benzene rings is 8. The maximum atomic E-state index is 15.0. The van der Waals surface area contributed by atoms with Gasteiger partial charge in [0.2, 0.25) is 12.0 Å². The van der Waals surface area contributed by atoms with Gasteiger partial charge in [0.1, 0.15) is 44.2 Å². The SMILES string of the molecule is O=C(O[C@@H]1O[C@H](COCc2ccccc2)[C@@H](OCc2ccccc2)[C@H](OCc2ccccc2)[C@H]1OCc1ccccc1)c1cc(OCc2ccccc2)c(OCc2ccccc2)c(OCc2ccccc2)c1. The van der Waals surface area contributed by atoms with Crippen molar-refractivity contribution in [2.45, 2.75) is 77.0 Å². The molecule has 1 aliphatic rings. The van der Waals surface area contributed by atoms with E-state index < -0.39 is 36.7 Å². The first kappa shape index (κ1) is 49.4. The minimum atomic E-state index is -1.31. The Morgan fingerprint density at radius 2 is 0.708 bits per heavy atom. The van der Waals surface area contributed by atoms with Crippen molar-refractivity contribution < 1.29 is 47.4 Å². The lowest BCUT2D eigenvalue weighted by Gasteiger charge is -2.45. The first-order valence-corrected chi connectivity index (χ1v) is 24.2. The molecule has 1 saturated heterocycles. The molecule has 1 aliphatic heterocycles. The zero-order valence-corrected chi connectivity index (χ0v) is 40.0. The van der Waals surface area contributed by atoms with Crippen molar-refractivity contribution in [3.63, 3.8) is 0 Å². The van der Waals surface area contributed by atoms with Gasteiger partial charge in [0.15, 0.2) is 11.5 Å². The normalized spacial score (nSPS) is 17.4. The fourth-order valence-electron chi connectivity index (χ4n) is 8.27. The maximum Gasteiger partial charge on any atom is 0.340 e. The van der Waals surface area contributed by atoms with Crippen LogP contribution < -0.4 is 14.2 Å². The van der Waals surface area contributed by atoms with Gasteiger partial charge in [-0.2, -0.15) is 0 Å². The molecule has 0 unspecified atom stereocenters. The zero-order chi connectivity index (χ0) is 49.0. The van der Waals surface area contributed by atoms with E-state index in [1.165, 1.54) is 0 Å². The number of rotatable bonds is 24. The van der Waals surface area contributed by atoms with Crippen LogP contribution in [0.15, 0.2) is 224 Å². The standard InChI is InChI=1S/C62H58O10/c63-61(53-36-54(65-39-47-24-10-2-11-25-47)57(67-41-49-28-14-4-15-29-49)55(37-53)66-40-48-26-12-3-13-27-48)72-62-60(70-44-52-34-20-7-21-35-52)59(69-43-51-32-18-6-19-33-51)58(68-42-50-30-16-5-17-31-50)56(71-62)45-64-38-46-22-8-1-9-23-46/h1-37,56,58-60,62H,38-45H2/t56-,58-,59+,60-,62+/m1/s1. The Bertz CT molecular complexity index is 2760. The Morgan fingerprint density at radius 1 is 0.375 bits per heavy atom. The van der Waals surface area contributed by atoms with Gasteiger partial charge < -0.3 is 42.6 Å². The summed E-state index contributed by atoms with van der Waals surface area (Å²) in [5.74, 6) is 0.203. The summed E-state index contributed by atoms with van der Waals surface area (Å²) in [6, 6.07) is 72.2. The molecule has 8 aromatic rings. The van der Waals surface area contributed by atoms with Crippen molar-refractivity contribution in [3.8, 4) is 17.2 Å². The highest BCUT2D eigenvalue weighted by Crippen LogP contribution is 2.41. The van der Waals surface area contributed by atoms with Crippen LogP contribution in [0.5, 0.6) is 17.2 Å². The first-order valence-electron chi connectivity index (χ1n) is 24.2. The highest BCUT2D eigenvalue weighted by Gasteiger charge is 2.50. The van der Waals surface area contributed by atoms with E-state index in [4.69, 9.17) is 42.6 Å². The molecule has 0 saturated carbocycles. The molecule has 0 spiro atoms. The van der Waals surface area contributed by atoms with Crippen molar-refractivity contribution in [3.05, 3.63) is 269 Å². The zero-order valence-electron chi connectivity index (χ0n) is 40.0. The monoisotopic (exact) mass is 962 g/mol. The lowest BCUT2D eigenvalue weighted by atomic mass is 9.97. The van der Waals surface area contributed by atoms with Gasteiger partial charge in [0.05, 0.1) is 38.6 Å². The number of hydrogen-bond donors (Lipinski definition) is 0. The predicted octanol–water partition coefficient (Wildman–Crippen LogP) is 12.3. The van der Waals surface area contributed by atoms with Gasteiger partial charge in [-0.05, 0) is 51.1 Å². The van der Waals surface area contributed by atoms with E-state index in [9.17, 15) is 0 Å². The molecule has 8 aromatic carbocycles. The lowest BCUT2D eigenvalue weighted by Crippen LogP contribution is -2.62. The number of carbonyl (C=O) groups excluding carboxylic acids is 1. The van der Waals surface area contributed by atoms with E-state index >= 15 is 4.79 Å². The summed E-state index contributed by atoms with van der Waals surface area (Å²) in [4.78, 5) is 15.0. The van der Waals surface area contributed by atoms with E-state index in [0.29, 0.717) is 23.9 Å². The van der Waals surface area contributed by atoms with Crippen LogP contribution in [0, 0.1) is 0 Å². The van der Waals surface area contributed by atoms with Crippen molar-refractivity contribution in [1.29, 1.82) is 0 Å². The maximum absolute atomic E-state index is 15.0. The van der Waals surface area contributed by atoms with E-state index in [2.05, 4.69) is 0 Å². The Labute approximate surface area is 421 Å². The number of ether oxygens (including phenoxy) is 9. The Balaban J connectivity index is 1.08. The summed E-state index contributed by atoms with van der Waals surface area (Å²) >= 11 is 0. The summed E-state index contributed by atoms with van der Waals surface area (Å²) in [7, 11) is 0. The molecule has 9 rings (SSSR count). The van der Waals surface area contributed by atoms with Gasteiger partial charge >= 0.3 is 5.97 Å². The average molecular weight is 963 g/mol. The Hall–Kier alpha value is -7.57. The molecule has 10 nitrogen and oxygen atoms in total. The summed E-state index contributed by atoms with van der Waals surface area (Å²) in [6.45, 7) is 1.63. The van der Waals surface area contributed by atoms with Crippen molar-refractivity contribution in [2.24, 2.45) is 0 Å². The fraction of sp³-hybridized carbons (Fsp3) is 0.210. The number of hydrogen-bond acceptors (Lipinski definition) is 10. The average Bonchev–Trinajstić information content (AvgIpc) is 3.44. The quantitative estimate of drug-likeness (QED) is 0.0544. The Kier molecular flexibility index (Phi) is 17.9. The third kappa shape index (κ3) is 14.3. The van der Waals surface area contributed by atoms with Gasteiger partial charge in [-0.15, -0.1) is 0 Å². The molecule has 5 atom stereocenters. The fourth-order valence-corrected chi connectivity index (χ4v) is 8.27. The molecular weight excluding hydrogens is 905 g/mol. The third-order valence-corrected chi connectivity index (χ3v) is 12.0. The van der Waals surface area contributed by atoms with Gasteiger partial charge in [-0.1, -0.05) is 212 Å². The van der Waals surface area contributed by atoms with Crippen LogP contribution in [0.3, 0.4) is 0 Å². The van der Waals surface area contributed by atoms with Crippen LogP contribution in [-0.2, 0) is 74.7 Å². The summed E-state index contributed by atoms with van der Waals surface area (Å²) in [5, 5.41) is 0. The molecule has 366 valence electrons. The van der Waals surface area contributed by atoms with Crippen LogP contribution in [-0.4, -0.2) is 43.3 Å². The molecule has 72 heavy (non-hydrogen) atoms. The second kappa shape index (κ2) is 26.0. The van der Waals surface area contributed by atoms with Gasteiger partial charge in [-0.25, -0.2) is 4.79 Å². The summed E-state index contributed by atoms with van der Waals surface area (Å²) < 4.78 is 60.0. The van der Waals surface area contributed by atoms with Crippen molar-refractivity contribution >= 4 is 5.97 Å². The minimum absolute atomic E-state index is 0.0847. The van der Waals surface area contributed by atoms with Crippen LogP contribution in [0.2, 0.25) is 0 Å². The molecule has 1 heterocycles. The molecule has 0 amide bonds. The molecule has 0 bridgehead atoms. The Morgan fingerprint density at radius 3 is 1.11 bits per heavy atom. The van der Waals surface area contributed by atoms with Crippen LogP contribution in [0.1, 0.15) is 49.3 Å². The molecule has 1 fully saturated rings. The molecule has 0 radical (unpaired) electrons. The molecular formula is C62H58O10. The second-order valence-electron chi connectivity index (χ2n) is 17.4. The number of esters is 1. The van der Waals surface area contributed by atoms with Gasteiger partial charge in [0, 0.05) is 0 Å². The van der Waals surface area contributed by atoms with Gasteiger partial charge in [0.25, 0.3) is 0 Å². The van der Waals surface area contributed by atoms with E-state index in [0.717, 1.165) is 38.9 Å². The summed E-state index contributed by atoms with van der Waals surface area (Å²) in [6.07, 6.45) is -4.63. The lowest BCUT2D eigenvalue weighted by molar-refractivity contribution is -0.315. The largest absolute Gasteiger partial charge is 0.485 e. The molecule has 0 aliphatic carbocycles. The van der Waals surface area contributed by atoms with E-state index in [1.807, 2.05) is 212 Å². The van der Waals surface area contributed by atoms with Crippen LogP contribution >= 0.6 is 0 Å². The van der Waals surface area contributed by atoms with E-state index in [-0.39, 0.29) is 51.8 Å². The van der Waals surface area contributed by atoms with E-state index in [1.54, 1.807) is 12.1 Å². The first-order chi connectivity index (χ1) is 35.6. The highest BCUT2D eigenvalue weighted by atomic mass is 16.7. The molecule has 0 N–H and O–H groups in total. The van der Waals surface area contributed by atoms with Crippen LogP contribution in [0.25, 0.3) is 0 Å². The predicted molar refractivity (Wildman–Crippen MR) is 274 cm³/mol. The highest BCUT2D eigenvalue weighted by molar-refractivity contribution is 5.91. The third-order valence-electron chi connectivity index (χ3n) is 12.0. The van der Waals surface area contributed by atoms with Crippen LogP contribution in [0.4, 0.5) is 0 Å². The number of carbonyl (C=O) groups is 1.